The van der Waals surface area contributed by atoms with Crippen molar-refractivity contribution in [1.82, 2.24) is 24.9 Å². The third-order valence-electron chi connectivity index (χ3n) is 4.47. The third-order valence-corrected chi connectivity index (χ3v) is 4.47. The molecule has 1 unspecified atom stereocenters. The van der Waals surface area contributed by atoms with E-state index in [1.54, 1.807) is 24.3 Å². The Kier molecular flexibility index (Phi) is 5.76. The molecular formula is C20H22F3N5O. The highest BCUT2D eigenvalue weighted by atomic mass is 19.4. The van der Waals surface area contributed by atoms with Gasteiger partial charge in [0.25, 0.3) is 5.91 Å². The molecule has 6 nitrogen and oxygen atoms in total. The molecular weight excluding hydrogens is 383 g/mol. The second kappa shape index (κ2) is 8.10. The van der Waals surface area contributed by atoms with Crippen LogP contribution in [0.25, 0.3) is 5.69 Å². The summed E-state index contributed by atoms with van der Waals surface area (Å²) in [6, 6.07) is 9.15. The van der Waals surface area contributed by atoms with E-state index in [-0.39, 0.29) is 11.8 Å². The van der Waals surface area contributed by atoms with Gasteiger partial charge >= 0.3 is 6.18 Å². The van der Waals surface area contributed by atoms with E-state index in [1.807, 2.05) is 31.5 Å². The summed E-state index contributed by atoms with van der Waals surface area (Å²) in [5.41, 5.74) is 1.93. The zero-order chi connectivity index (χ0) is 21.2. The fraction of sp³-hybridized carbons (Fsp3) is 0.350. The Morgan fingerprint density at radius 3 is 2.38 bits per heavy atom. The molecule has 2 aromatic heterocycles. The van der Waals surface area contributed by atoms with E-state index in [1.165, 1.54) is 6.20 Å². The van der Waals surface area contributed by atoms with Crippen LogP contribution in [0.2, 0.25) is 0 Å². The fourth-order valence-electron chi connectivity index (χ4n) is 2.97. The minimum atomic E-state index is -4.49. The smallest absolute Gasteiger partial charge is 0.352 e. The molecule has 0 radical (unpaired) electrons. The van der Waals surface area contributed by atoms with Gasteiger partial charge in [0, 0.05) is 30.5 Å². The van der Waals surface area contributed by atoms with E-state index in [0.29, 0.717) is 24.3 Å². The van der Waals surface area contributed by atoms with E-state index < -0.39 is 11.9 Å². The van der Waals surface area contributed by atoms with Crippen molar-refractivity contribution < 1.29 is 18.0 Å². The Bertz CT molecular complexity index is 988. The van der Waals surface area contributed by atoms with Crippen LogP contribution in [-0.4, -0.2) is 32.0 Å². The zero-order valence-electron chi connectivity index (χ0n) is 16.4. The SMILES string of the molecule is Cc1cc(C)n(CC(C)CNC(=O)c2ccc(-n3ccc(C(F)(F)F)n3)cc2)n1. The number of nitrogens with one attached hydrogen (secondary N) is 1. The van der Waals surface area contributed by atoms with Crippen molar-refractivity contribution in [3.63, 3.8) is 0 Å². The van der Waals surface area contributed by atoms with E-state index >= 15 is 0 Å². The maximum Gasteiger partial charge on any atom is 0.435 e. The summed E-state index contributed by atoms with van der Waals surface area (Å²) < 4.78 is 41.0. The molecule has 0 spiro atoms. The van der Waals surface area contributed by atoms with Crippen LogP contribution in [0.3, 0.4) is 0 Å². The molecule has 2 heterocycles. The molecule has 3 aromatic rings. The number of carbonyl (C=O) groups is 1. The highest BCUT2D eigenvalue weighted by Crippen LogP contribution is 2.27. The average Bonchev–Trinajstić information content (AvgIpc) is 3.27. The maximum atomic E-state index is 12.7. The Morgan fingerprint density at radius 2 is 1.83 bits per heavy atom. The van der Waals surface area contributed by atoms with Crippen molar-refractivity contribution in [2.45, 2.75) is 33.5 Å². The lowest BCUT2D eigenvalue weighted by atomic mass is 10.1. The van der Waals surface area contributed by atoms with Crippen molar-refractivity contribution in [3.05, 3.63) is 65.2 Å². The Balaban J connectivity index is 1.57. The van der Waals surface area contributed by atoms with Gasteiger partial charge in [0.1, 0.15) is 0 Å². The number of aryl methyl sites for hydroxylation is 2. The first-order chi connectivity index (χ1) is 13.6. The Labute approximate surface area is 166 Å². The molecule has 1 atom stereocenters. The van der Waals surface area contributed by atoms with Gasteiger partial charge in [-0.1, -0.05) is 6.92 Å². The van der Waals surface area contributed by atoms with Crippen molar-refractivity contribution >= 4 is 5.91 Å². The molecule has 9 heteroatoms. The fourth-order valence-corrected chi connectivity index (χ4v) is 2.97. The van der Waals surface area contributed by atoms with E-state index in [4.69, 9.17) is 0 Å². The van der Waals surface area contributed by atoms with Crippen LogP contribution >= 0.6 is 0 Å². The normalized spacial score (nSPS) is 12.8. The summed E-state index contributed by atoms with van der Waals surface area (Å²) >= 11 is 0. The topological polar surface area (TPSA) is 64.7 Å². The average molecular weight is 405 g/mol. The maximum absolute atomic E-state index is 12.7. The number of amides is 1. The third kappa shape index (κ3) is 5.04. The van der Waals surface area contributed by atoms with Crippen LogP contribution in [0.15, 0.2) is 42.6 Å². The second-order valence-electron chi connectivity index (χ2n) is 7.11. The first-order valence-electron chi connectivity index (χ1n) is 9.16. The highest BCUT2D eigenvalue weighted by Gasteiger charge is 2.33. The second-order valence-corrected chi connectivity index (χ2v) is 7.11. The molecule has 3 rings (SSSR count). The largest absolute Gasteiger partial charge is 0.435 e. The molecule has 0 saturated carbocycles. The lowest BCUT2D eigenvalue weighted by Gasteiger charge is -2.14. The molecule has 0 aliphatic carbocycles. The number of nitrogens with zero attached hydrogens (tertiary/aromatic N) is 4. The number of rotatable bonds is 6. The summed E-state index contributed by atoms with van der Waals surface area (Å²) in [4.78, 5) is 12.4. The molecule has 1 N–H and O–H groups in total. The van der Waals surface area contributed by atoms with Gasteiger partial charge in [0.2, 0.25) is 0 Å². The minimum Gasteiger partial charge on any atom is -0.352 e. The zero-order valence-corrected chi connectivity index (χ0v) is 16.4. The van der Waals surface area contributed by atoms with Crippen LogP contribution in [0.1, 0.15) is 34.4 Å². The number of halogens is 3. The van der Waals surface area contributed by atoms with Gasteiger partial charge in [0.05, 0.1) is 11.4 Å². The Morgan fingerprint density at radius 1 is 1.14 bits per heavy atom. The van der Waals surface area contributed by atoms with Crippen LogP contribution in [0, 0.1) is 19.8 Å². The lowest BCUT2D eigenvalue weighted by Crippen LogP contribution is -2.30. The first-order valence-corrected chi connectivity index (χ1v) is 9.16. The van der Waals surface area contributed by atoms with Gasteiger partial charge < -0.3 is 5.32 Å². The summed E-state index contributed by atoms with van der Waals surface area (Å²) in [5, 5.41) is 10.8. The van der Waals surface area contributed by atoms with Gasteiger partial charge in [-0.15, -0.1) is 0 Å². The summed E-state index contributed by atoms with van der Waals surface area (Å²) in [5.74, 6) is -0.0608. The molecule has 1 aromatic carbocycles. The predicted molar refractivity (Wildman–Crippen MR) is 102 cm³/mol. The van der Waals surface area contributed by atoms with Crippen LogP contribution < -0.4 is 5.32 Å². The number of carbonyl (C=O) groups excluding carboxylic acids is 1. The van der Waals surface area contributed by atoms with E-state index in [9.17, 15) is 18.0 Å². The monoisotopic (exact) mass is 405 g/mol. The first kappa shape index (κ1) is 20.6. The molecule has 1 amide bonds. The predicted octanol–water partition coefficient (Wildman–Crippen LogP) is 3.77. The highest BCUT2D eigenvalue weighted by molar-refractivity contribution is 5.94. The molecule has 0 saturated heterocycles. The van der Waals surface area contributed by atoms with Gasteiger partial charge in [-0.25, -0.2) is 4.68 Å². The van der Waals surface area contributed by atoms with Crippen molar-refractivity contribution in [1.29, 1.82) is 0 Å². The Hall–Kier alpha value is -3.10. The standard InChI is InChI=1S/C20H22F3N5O/c1-13(12-28-15(3)10-14(2)25-28)11-24-19(29)16-4-6-17(7-5-16)27-9-8-18(26-27)20(21,22)23/h4-10,13H,11-12H2,1-3H3,(H,24,29). The van der Waals surface area contributed by atoms with E-state index in [0.717, 1.165) is 22.1 Å². The molecule has 0 aliphatic heterocycles. The van der Waals surface area contributed by atoms with Gasteiger partial charge in [-0.2, -0.15) is 23.4 Å². The lowest BCUT2D eigenvalue weighted by molar-refractivity contribution is -0.141. The molecule has 29 heavy (non-hydrogen) atoms. The molecule has 154 valence electrons. The van der Waals surface area contributed by atoms with Gasteiger partial charge in [0.15, 0.2) is 5.69 Å². The number of hydrogen-bond acceptors (Lipinski definition) is 3. The number of benzene rings is 1. The van der Waals surface area contributed by atoms with Crippen LogP contribution in [0.5, 0.6) is 0 Å². The van der Waals surface area contributed by atoms with Crippen molar-refractivity contribution in [3.8, 4) is 5.69 Å². The minimum absolute atomic E-state index is 0.182. The summed E-state index contributed by atoms with van der Waals surface area (Å²) in [6.07, 6.45) is -3.26. The number of hydrogen-bond donors (Lipinski definition) is 1. The molecule has 0 aliphatic rings. The van der Waals surface area contributed by atoms with Crippen molar-refractivity contribution in [2.75, 3.05) is 6.54 Å². The number of aromatic nitrogens is 4. The summed E-state index contributed by atoms with van der Waals surface area (Å²) in [6.45, 7) is 7.12. The summed E-state index contributed by atoms with van der Waals surface area (Å²) in [7, 11) is 0. The quantitative estimate of drug-likeness (QED) is 0.679. The van der Waals surface area contributed by atoms with Crippen molar-refractivity contribution in [2.24, 2.45) is 5.92 Å². The molecule has 0 bridgehead atoms. The van der Waals surface area contributed by atoms with E-state index in [2.05, 4.69) is 15.5 Å². The van der Waals surface area contributed by atoms with Gasteiger partial charge in [-0.05, 0) is 56.2 Å². The van der Waals surface area contributed by atoms with Gasteiger partial charge in [-0.3, -0.25) is 9.48 Å². The van der Waals surface area contributed by atoms with Crippen LogP contribution in [-0.2, 0) is 12.7 Å². The number of alkyl halides is 3. The molecule has 0 fully saturated rings. The van der Waals surface area contributed by atoms with Crippen LogP contribution in [0.4, 0.5) is 13.2 Å².